The summed E-state index contributed by atoms with van der Waals surface area (Å²) in [6, 6.07) is 5.29. The Morgan fingerprint density at radius 3 is 2.62 bits per heavy atom. The van der Waals surface area contributed by atoms with Gasteiger partial charge in [-0.15, -0.1) is 11.6 Å². The van der Waals surface area contributed by atoms with Crippen molar-refractivity contribution in [2.75, 3.05) is 12.5 Å². The van der Waals surface area contributed by atoms with E-state index in [9.17, 15) is 10.1 Å². The van der Waals surface area contributed by atoms with Gasteiger partial charge in [-0.1, -0.05) is 32.3 Å². The Morgan fingerprint density at radius 2 is 1.95 bits per heavy atom. The van der Waals surface area contributed by atoms with E-state index in [4.69, 9.17) is 16.3 Å². The number of nitro benzene ring substituents is 1. The van der Waals surface area contributed by atoms with Crippen LogP contribution in [0, 0.1) is 10.1 Å². The first-order valence-corrected chi connectivity index (χ1v) is 8.18. The Bertz CT molecular complexity index is 438. The van der Waals surface area contributed by atoms with Gasteiger partial charge in [0.1, 0.15) is 0 Å². The molecule has 0 aromatic heterocycles. The molecule has 0 saturated heterocycles. The van der Waals surface area contributed by atoms with Crippen LogP contribution in [0.5, 0.6) is 5.75 Å². The maximum absolute atomic E-state index is 11.1. The van der Waals surface area contributed by atoms with Crippen molar-refractivity contribution < 1.29 is 9.66 Å². The van der Waals surface area contributed by atoms with Crippen LogP contribution < -0.4 is 4.74 Å². The predicted molar refractivity (Wildman–Crippen MR) is 86.4 cm³/mol. The maximum Gasteiger partial charge on any atom is 0.311 e. The fourth-order valence-electron chi connectivity index (χ4n) is 2.09. The first-order chi connectivity index (χ1) is 10.2. The summed E-state index contributed by atoms with van der Waals surface area (Å²) in [6.07, 6.45) is 7.06. The summed E-state index contributed by atoms with van der Waals surface area (Å²) < 4.78 is 5.50. The third-order valence-electron chi connectivity index (χ3n) is 3.32. The molecule has 0 aliphatic heterocycles. The molecule has 4 nitrogen and oxygen atoms in total. The van der Waals surface area contributed by atoms with Crippen LogP contribution in [0.4, 0.5) is 5.69 Å². The molecule has 0 aliphatic carbocycles. The zero-order valence-electron chi connectivity index (χ0n) is 12.6. The van der Waals surface area contributed by atoms with Crippen molar-refractivity contribution in [1.29, 1.82) is 0 Å². The largest absolute Gasteiger partial charge is 0.487 e. The minimum Gasteiger partial charge on any atom is -0.487 e. The molecule has 0 bridgehead atoms. The average molecular weight is 314 g/mol. The number of rotatable bonds is 11. The van der Waals surface area contributed by atoms with Crippen LogP contribution in [0.15, 0.2) is 18.2 Å². The molecule has 1 aromatic carbocycles. The van der Waals surface area contributed by atoms with Crippen molar-refractivity contribution in [3.63, 3.8) is 0 Å². The first-order valence-electron chi connectivity index (χ1n) is 7.65. The predicted octanol–water partition coefficient (Wildman–Crippen LogP) is 5.12. The van der Waals surface area contributed by atoms with E-state index in [1.807, 2.05) is 6.07 Å². The second-order valence-corrected chi connectivity index (χ2v) is 5.49. The van der Waals surface area contributed by atoms with Crippen LogP contribution in [0.25, 0.3) is 0 Å². The van der Waals surface area contributed by atoms with E-state index in [-0.39, 0.29) is 10.6 Å². The smallest absolute Gasteiger partial charge is 0.311 e. The summed E-state index contributed by atoms with van der Waals surface area (Å²) in [6.45, 7) is 2.58. The molecule has 0 N–H and O–H groups in total. The van der Waals surface area contributed by atoms with Gasteiger partial charge in [-0.05, 0) is 37.3 Å². The molecule has 1 rings (SSSR count). The molecular weight excluding hydrogens is 290 g/mol. The van der Waals surface area contributed by atoms with Gasteiger partial charge in [0.05, 0.1) is 11.5 Å². The summed E-state index contributed by atoms with van der Waals surface area (Å²) in [5.74, 6) is 1.08. The molecular formula is C16H24ClNO3. The second-order valence-electron chi connectivity index (χ2n) is 5.11. The lowest BCUT2D eigenvalue weighted by molar-refractivity contribution is -0.385. The second kappa shape index (κ2) is 10.4. The van der Waals surface area contributed by atoms with Gasteiger partial charge in [0.25, 0.3) is 0 Å². The van der Waals surface area contributed by atoms with E-state index < -0.39 is 0 Å². The number of halogens is 1. The summed E-state index contributed by atoms with van der Waals surface area (Å²) in [4.78, 5) is 10.8. The number of ether oxygens (including phenoxy) is 1. The Labute approximate surface area is 131 Å². The van der Waals surface area contributed by atoms with Crippen LogP contribution in [-0.4, -0.2) is 17.4 Å². The van der Waals surface area contributed by atoms with Gasteiger partial charge in [0.15, 0.2) is 5.75 Å². The topological polar surface area (TPSA) is 52.4 Å². The quantitative estimate of drug-likeness (QED) is 0.247. The maximum atomic E-state index is 11.1. The van der Waals surface area contributed by atoms with Gasteiger partial charge in [0, 0.05) is 11.9 Å². The fourth-order valence-corrected chi connectivity index (χ4v) is 2.28. The molecule has 118 valence electrons. The minimum atomic E-state index is -0.363. The van der Waals surface area contributed by atoms with Crippen LogP contribution in [0.3, 0.4) is 0 Å². The number of alkyl halides is 1. The van der Waals surface area contributed by atoms with Gasteiger partial charge in [0.2, 0.25) is 0 Å². The van der Waals surface area contributed by atoms with Crippen LogP contribution in [0.1, 0.15) is 51.0 Å². The first kappa shape index (κ1) is 17.8. The zero-order valence-corrected chi connectivity index (χ0v) is 13.4. The lowest BCUT2D eigenvalue weighted by atomic mass is 10.1. The Hall–Kier alpha value is -1.29. The molecule has 0 heterocycles. The highest BCUT2D eigenvalue weighted by molar-refractivity contribution is 6.17. The standard InChI is InChI=1S/C16H24ClNO3/c1-2-3-12-21-16-10-9-14(13-15(16)18(19)20)8-6-4-5-7-11-17/h9-10,13H,2-8,11-12H2,1H3. The van der Waals surface area contributed by atoms with Crippen molar-refractivity contribution in [3.8, 4) is 5.75 Å². The van der Waals surface area contributed by atoms with E-state index in [2.05, 4.69) is 6.92 Å². The number of hydrogen-bond donors (Lipinski definition) is 0. The SMILES string of the molecule is CCCCOc1ccc(CCCCCCCl)cc1[N+](=O)[O-]. The van der Waals surface area contributed by atoms with E-state index >= 15 is 0 Å². The third-order valence-corrected chi connectivity index (χ3v) is 3.59. The number of benzene rings is 1. The molecule has 0 unspecified atom stereocenters. The number of unbranched alkanes of at least 4 members (excludes halogenated alkanes) is 4. The Kier molecular flexibility index (Phi) is 8.83. The Balaban J connectivity index is 2.58. The average Bonchev–Trinajstić information content (AvgIpc) is 2.48. The molecule has 21 heavy (non-hydrogen) atoms. The highest BCUT2D eigenvalue weighted by atomic mass is 35.5. The lowest BCUT2D eigenvalue weighted by Gasteiger charge is -2.08. The van der Waals surface area contributed by atoms with Crippen molar-refractivity contribution in [2.24, 2.45) is 0 Å². The molecule has 5 heteroatoms. The lowest BCUT2D eigenvalue weighted by Crippen LogP contribution is -2.01. The van der Waals surface area contributed by atoms with Crippen molar-refractivity contribution in [3.05, 3.63) is 33.9 Å². The monoisotopic (exact) mass is 313 g/mol. The number of nitro groups is 1. The van der Waals surface area contributed by atoms with E-state index in [0.29, 0.717) is 18.2 Å². The van der Waals surface area contributed by atoms with Gasteiger partial charge in [-0.25, -0.2) is 0 Å². The van der Waals surface area contributed by atoms with Crippen LogP contribution in [-0.2, 0) is 6.42 Å². The van der Waals surface area contributed by atoms with Gasteiger partial charge < -0.3 is 4.74 Å². The third kappa shape index (κ3) is 6.80. The molecule has 0 fully saturated rings. The Morgan fingerprint density at radius 1 is 1.19 bits per heavy atom. The minimum absolute atomic E-state index is 0.0735. The van der Waals surface area contributed by atoms with Crippen molar-refractivity contribution in [1.82, 2.24) is 0 Å². The number of hydrogen-bond acceptors (Lipinski definition) is 3. The zero-order chi connectivity index (χ0) is 15.5. The van der Waals surface area contributed by atoms with E-state index in [1.165, 1.54) is 0 Å². The van der Waals surface area contributed by atoms with Gasteiger partial charge in [-0.3, -0.25) is 10.1 Å². The molecule has 0 saturated carbocycles. The van der Waals surface area contributed by atoms with Crippen LogP contribution >= 0.6 is 11.6 Å². The summed E-state index contributed by atoms with van der Waals surface area (Å²) in [5.41, 5.74) is 1.07. The summed E-state index contributed by atoms with van der Waals surface area (Å²) in [5, 5.41) is 11.1. The number of nitrogens with zero attached hydrogens (tertiary/aromatic N) is 1. The van der Waals surface area contributed by atoms with Crippen molar-refractivity contribution >= 4 is 17.3 Å². The normalized spacial score (nSPS) is 10.6. The van der Waals surface area contributed by atoms with Crippen molar-refractivity contribution in [2.45, 2.75) is 51.9 Å². The molecule has 0 amide bonds. The molecule has 0 spiro atoms. The number of aryl methyl sites for hydroxylation is 1. The highest BCUT2D eigenvalue weighted by Gasteiger charge is 2.15. The molecule has 0 radical (unpaired) electrons. The molecule has 0 atom stereocenters. The highest BCUT2D eigenvalue weighted by Crippen LogP contribution is 2.28. The fraction of sp³-hybridized carbons (Fsp3) is 0.625. The van der Waals surface area contributed by atoms with E-state index in [0.717, 1.165) is 50.5 Å². The van der Waals surface area contributed by atoms with Gasteiger partial charge >= 0.3 is 5.69 Å². The molecule has 1 aromatic rings. The van der Waals surface area contributed by atoms with Gasteiger partial charge in [-0.2, -0.15) is 0 Å². The van der Waals surface area contributed by atoms with E-state index in [1.54, 1.807) is 12.1 Å². The summed E-state index contributed by atoms with van der Waals surface area (Å²) in [7, 11) is 0. The van der Waals surface area contributed by atoms with Crippen LogP contribution in [0.2, 0.25) is 0 Å². The molecule has 0 aliphatic rings. The summed E-state index contributed by atoms with van der Waals surface area (Å²) >= 11 is 5.63.